The molecule has 80 valence electrons. The first-order valence-corrected chi connectivity index (χ1v) is 5.61. The molecule has 0 aromatic rings. The van der Waals surface area contributed by atoms with Gasteiger partial charge in [0.2, 0.25) is 0 Å². The number of rotatable bonds is 2. The molecule has 1 aliphatic heterocycles. The maximum Gasteiger partial charge on any atom is 0.312 e. The van der Waals surface area contributed by atoms with Gasteiger partial charge in [0.15, 0.2) is 0 Å². The predicted octanol–water partition coefficient (Wildman–Crippen LogP) is 1.63. The van der Waals surface area contributed by atoms with Crippen LogP contribution in [0.3, 0.4) is 0 Å². The Morgan fingerprint density at radius 2 is 2.36 bits per heavy atom. The fourth-order valence-electron chi connectivity index (χ4n) is 2.79. The quantitative estimate of drug-likeness (QED) is 0.686. The molecule has 14 heavy (non-hydrogen) atoms. The molecule has 0 amide bonds. The zero-order valence-electron chi connectivity index (χ0n) is 8.66. The van der Waals surface area contributed by atoms with Crippen LogP contribution in [0, 0.1) is 5.92 Å². The fourth-order valence-corrected chi connectivity index (χ4v) is 2.79. The minimum absolute atomic E-state index is 0.179. The Morgan fingerprint density at radius 3 is 3.07 bits per heavy atom. The highest BCUT2D eigenvalue weighted by atomic mass is 16.6. The summed E-state index contributed by atoms with van der Waals surface area (Å²) in [6.07, 6.45) is 5.11. The van der Waals surface area contributed by atoms with Crippen LogP contribution in [0.5, 0.6) is 0 Å². The lowest BCUT2D eigenvalue weighted by atomic mass is 9.74. The van der Waals surface area contributed by atoms with Gasteiger partial charge in [-0.3, -0.25) is 4.79 Å². The number of aliphatic hydroxyl groups is 1. The van der Waals surface area contributed by atoms with E-state index in [0.29, 0.717) is 0 Å². The van der Waals surface area contributed by atoms with Gasteiger partial charge in [0.1, 0.15) is 11.7 Å². The van der Waals surface area contributed by atoms with Gasteiger partial charge in [-0.15, -0.1) is 0 Å². The molecule has 0 aromatic carbocycles. The molecule has 1 N–H and O–H groups in total. The van der Waals surface area contributed by atoms with Crippen LogP contribution in [0.2, 0.25) is 0 Å². The normalized spacial score (nSPS) is 42.0. The summed E-state index contributed by atoms with van der Waals surface area (Å²) >= 11 is 0. The molecule has 1 heterocycles. The van der Waals surface area contributed by atoms with E-state index in [1.54, 1.807) is 0 Å². The zero-order chi connectivity index (χ0) is 10.2. The molecule has 3 unspecified atom stereocenters. The van der Waals surface area contributed by atoms with E-state index >= 15 is 0 Å². The van der Waals surface area contributed by atoms with Gasteiger partial charge in [0.05, 0.1) is 5.92 Å². The van der Waals surface area contributed by atoms with Gasteiger partial charge < -0.3 is 9.84 Å². The molecule has 3 atom stereocenters. The zero-order valence-corrected chi connectivity index (χ0v) is 8.66. The number of carbonyl (C=O) groups excluding carboxylic acids is 1. The Morgan fingerprint density at radius 1 is 1.57 bits per heavy atom. The average molecular weight is 198 g/mol. The van der Waals surface area contributed by atoms with Crippen molar-refractivity contribution in [3.05, 3.63) is 0 Å². The van der Waals surface area contributed by atoms with E-state index in [0.717, 1.165) is 38.5 Å². The highest BCUT2D eigenvalue weighted by Crippen LogP contribution is 2.44. The Bertz CT molecular complexity index is 239. The van der Waals surface area contributed by atoms with Crippen LogP contribution in [0.1, 0.15) is 45.4 Å². The van der Waals surface area contributed by atoms with E-state index in [9.17, 15) is 9.90 Å². The largest absolute Gasteiger partial charge is 0.459 e. The third-order valence-electron chi connectivity index (χ3n) is 3.57. The summed E-state index contributed by atoms with van der Waals surface area (Å²) in [5.74, 6) is -0.445. The molecule has 2 fully saturated rings. The molecular weight excluding hydrogens is 180 g/mol. The van der Waals surface area contributed by atoms with Crippen molar-refractivity contribution in [1.82, 2.24) is 0 Å². The smallest absolute Gasteiger partial charge is 0.312 e. The first kappa shape index (κ1) is 9.97. The van der Waals surface area contributed by atoms with Crippen molar-refractivity contribution in [1.29, 1.82) is 0 Å². The molecule has 0 bridgehead atoms. The lowest BCUT2D eigenvalue weighted by molar-refractivity contribution is -0.145. The summed E-state index contributed by atoms with van der Waals surface area (Å²) in [6.45, 7) is 2.03. The van der Waals surface area contributed by atoms with Gasteiger partial charge in [-0.05, 0) is 25.7 Å². The van der Waals surface area contributed by atoms with Crippen molar-refractivity contribution in [2.75, 3.05) is 0 Å². The van der Waals surface area contributed by atoms with Crippen LogP contribution in [0.4, 0.5) is 0 Å². The SMILES string of the molecule is CCCC1C(=O)OC2CCCCC21O. The summed E-state index contributed by atoms with van der Waals surface area (Å²) < 4.78 is 5.24. The van der Waals surface area contributed by atoms with E-state index in [2.05, 4.69) is 0 Å². The van der Waals surface area contributed by atoms with E-state index in [-0.39, 0.29) is 18.0 Å². The number of carbonyl (C=O) groups is 1. The molecule has 1 saturated heterocycles. The second-order valence-corrected chi connectivity index (χ2v) is 4.50. The van der Waals surface area contributed by atoms with E-state index in [1.807, 2.05) is 6.92 Å². The minimum atomic E-state index is -0.842. The van der Waals surface area contributed by atoms with Crippen molar-refractivity contribution in [3.63, 3.8) is 0 Å². The predicted molar refractivity (Wildman–Crippen MR) is 51.7 cm³/mol. The second-order valence-electron chi connectivity index (χ2n) is 4.50. The highest BCUT2D eigenvalue weighted by molar-refractivity contribution is 5.77. The fraction of sp³-hybridized carbons (Fsp3) is 0.909. The van der Waals surface area contributed by atoms with Crippen molar-refractivity contribution in [2.24, 2.45) is 5.92 Å². The van der Waals surface area contributed by atoms with Gasteiger partial charge in [0, 0.05) is 0 Å². The minimum Gasteiger partial charge on any atom is -0.459 e. The lowest BCUT2D eigenvalue weighted by Gasteiger charge is -2.35. The van der Waals surface area contributed by atoms with Crippen molar-refractivity contribution in [3.8, 4) is 0 Å². The monoisotopic (exact) mass is 198 g/mol. The van der Waals surface area contributed by atoms with Crippen LogP contribution >= 0.6 is 0 Å². The standard InChI is InChI=1S/C11H18O3/c1-2-5-8-10(12)14-9-6-3-4-7-11(8,9)13/h8-9,13H,2-7H2,1H3. The molecule has 3 heteroatoms. The van der Waals surface area contributed by atoms with Crippen LogP contribution in [0.15, 0.2) is 0 Å². The molecule has 3 nitrogen and oxygen atoms in total. The summed E-state index contributed by atoms with van der Waals surface area (Å²) in [4.78, 5) is 11.6. The summed E-state index contributed by atoms with van der Waals surface area (Å²) in [5, 5.41) is 10.4. The molecule has 2 rings (SSSR count). The van der Waals surface area contributed by atoms with Crippen molar-refractivity contribution < 1.29 is 14.6 Å². The maximum absolute atomic E-state index is 11.6. The van der Waals surface area contributed by atoms with Gasteiger partial charge in [-0.2, -0.15) is 0 Å². The average Bonchev–Trinajstić information content (AvgIpc) is 2.41. The molecule has 2 aliphatic rings. The third-order valence-corrected chi connectivity index (χ3v) is 3.57. The van der Waals surface area contributed by atoms with E-state index in [1.165, 1.54) is 0 Å². The summed E-state index contributed by atoms with van der Waals surface area (Å²) in [6, 6.07) is 0. The molecular formula is C11H18O3. The van der Waals surface area contributed by atoms with Gasteiger partial charge >= 0.3 is 5.97 Å². The van der Waals surface area contributed by atoms with E-state index in [4.69, 9.17) is 4.74 Å². The molecule has 0 radical (unpaired) electrons. The lowest BCUT2D eigenvalue weighted by Crippen LogP contribution is -2.46. The van der Waals surface area contributed by atoms with Crippen LogP contribution in [0.25, 0.3) is 0 Å². The van der Waals surface area contributed by atoms with Crippen LogP contribution < -0.4 is 0 Å². The Labute approximate surface area is 84.4 Å². The van der Waals surface area contributed by atoms with Gasteiger partial charge in [-0.1, -0.05) is 19.8 Å². The topological polar surface area (TPSA) is 46.5 Å². The van der Waals surface area contributed by atoms with Crippen molar-refractivity contribution >= 4 is 5.97 Å². The Kier molecular flexibility index (Phi) is 2.52. The highest BCUT2D eigenvalue weighted by Gasteiger charge is 2.56. The summed E-state index contributed by atoms with van der Waals surface area (Å²) in [7, 11) is 0. The second kappa shape index (κ2) is 3.54. The van der Waals surface area contributed by atoms with Gasteiger partial charge in [-0.25, -0.2) is 0 Å². The van der Waals surface area contributed by atoms with Crippen LogP contribution in [-0.2, 0) is 9.53 Å². The van der Waals surface area contributed by atoms with Crippen molar-refractivity contribution in [2.45, 2.75) is 57.2 Å². The number of ether oxygens (including phenoxy) is 1. The number of esters is 1. The van der Waals surface area contributed by atoms with Crippen LogP contribution in [-0.4, -0.2) is 22.8 Å². The number of fused-ring (bicyclic) bond motifs is 1. The first-order valence-electron chi connectivity index (χ1n) is 5.61. The molecule has 0 aromatic heterocycles. The molecule has 1 aliphatic carbocycles. The third kappa shape index (κ3) is 1.34. The molecule has 0 spiro atoms. The Hall–Kier alpha value is -0.570. The molecule has 1 saturated carbocycles. The number of hydrogen-bond acceptors (Lipinski definition) is 3. The number of hydrogen-bond donors (Lipinski definition) is 1. The van der Waals surface area contributed by atoms with Gasteiger partial charge in [0.25, 0.3) is 0 Å². The Balaban J connectivity index is 2.18. The first-order chi connectivity index (χ1) is 6.68. The summed E-state index contributed by atoms with van der Waals surface area (Å²) in [5.41, 5.74) is -0.842. The maximum atomic E-state index is 11.6. The van der Waals surface area contributed by atoms with E-state index < -0.39 is 5.60 Å².